The fourth-order valence-electron chi connectivity index (χ4n) is 4.16. The zero-order valence-electron chi connectivity index (χ0n) is 17.9. The molecule has 166 valence electrons. The Morgan fingerprint density at radius 2 is 1.81 bits per heavy atom. The van der Waals surface area contributed by atoms with Gasteiger partial charge in [-0.2, -0.15) is 0 Å². The normalized spacial score (nSPS) is 15.7. The molecule has 0 saturated heterocycles. The highest BCUT2D eigenvalue weighted by atomic mass is 35.5. The van der Waals surface area contributed by atoms with E-state index in [1.54, 1.807) is 14.2 Å². The first-order valence-corrected chi connectivity index (χ1v) is 10.7. The Kier molecular flexibility index (Phi) is 6.63. The molecule has 1 aliphatic rings. The van der Waals surface area contributed by atoms with E-state index >= 15 is 0 Å². The minimum atomic E-state index is -0.450. The number of halogens is 2. The van der Waals surface area contributed by atoms with Gasteiger partial charge in [-0.3, -0.25) is 9.69 Å². The number of rotatable bonds is 6. The number of hydrogen-bond acceptors (Lipinski definition) is 4. The first kappa shape index (κ1) is 22.1. The first-order valence-electron chi connectivity index (χ1n) is 10.3. The molecule has 7 heteroatoms. The lowest BCUT2D eigenvalue weighted by molar-refractivity contribution is -0.117. The number of amides is 1. The molecule has 1 atom stereocenters. The summed E-state index contributed by atoms with van der Waals surface area (Å²) < 4.78 is 24.3. The van der Waals surface area contributed by atoms with E-state index < -0.39 is 5.82 Å². The molecule has 0 unspecified atom stereocenters. The van der Waals surface area contributed by atoms with Crippen molar-refractivity contribution in [3.8, 4) is 11.5 Å². The smallest absolute Gasteiger partial charge is 0.238 e. The summed E-state index contributed by atoms with van der Waals surface area (Å²) in [6, 6.07) is 17.8. The van der Waals surface area contributed by atoms with Gasteiger partial charge in [-0.1, -0.05) is 41.9 Å². The van der Waals surface area contributed by atoms with Gasteiger partial charge < -0.3 is 14.8 Å². The zero-order chi connectivity index (χ0) is 22.7. The molecule has 0 bridgehead atoms. The van der Waals surface area contributed by atoms with Crippen LogP contribution >= 0.6 is 11.6 Å². The second-order valence-corrected chi connectivity index (χ2v) is 8.02. The molecule has 0 fully saturated rings. The van der Waals surface area contributed by atoms with Crippen molar-refractivity contribution in [1.29, 1.82) is 0 Å². The number of carbonyl (C=O) groups is 1. The van der Waals surface area contributed by atoms with E-state index in [2.05, 4.69) is 22.3 Å². The van der Waals surface area contributed by atoms with Crippen LogP contribution < -0.4 is 14.8 Å². The number of carbonyl (C=O) groups excluding carboxylic acids is 1. The Balaban J connectivity index is 1.65. The van der Waals surface area contributed by atoms with Crippen LogP contribution in [0.5, 0.6) is 11.5 Å². The van der Waals surface area contributed by atoms with E-state index in [0.29, 0.717) is 23.7 Å². The molecule has 3 aromatic carbocycles. The highest BCUT2D eigenvalue weighted by molar-refractivity contribution is 6.33. The standard InChI is InChI=1S/C25H24ClFN2O3/c1-31-22-12-17-10-11-29(15-24(30)28-21-9-8-18(27)13-20(21)26)25(16-6-4-3-5-7-16)19(17)14-23(22)32-2/h3-9,12-14,25H,10-11,15H2,1-2H3,(H,28,30)/t25-/m0/s1. The van der Waals surface area contributed by atoms with Crippen LogP contribution in [0, 0.1) is 5.82 Å². The summed E-state index contributed by atoms with van der Waals surface area (Å²) in [6.07, 6.45) is 0.767. The molecule has 5 nitrogen and oxygen atoms in total. The molecule has 1 N–H and O–H groups in total. The summed E-state index contributed by atoms with van der Waals surface area (Å²) in [7, 11) is 3.24. The van der Waals surface area contributed by atoms with Crippen molar-refractivity contribution in [3.05, 3.63) is 88.2 Å². The Bertz CT molecular complexity index is 1120. The van der Waals surface area contributed by atoms with Crippen molar-refractivity contribution in [3.63, 3.8) is 0 Å². The van der Waals surface area contributed by atoms with Gasteiger partial charge in [0.1, 0.15) is 5.82 Å². The number of hydrogen-bond donors (Lipinski definition) is 1. The van der Waals surface area contributed by atoms with Crippen molar-refractivity contribution in [1.82, 2.24) is 4.90 Å². The van der Waals surface area contributed by atoms with Gasteiger partial charge in [-0.15, -0.1) is 0 Å². The fourth-order valence-corrected chi connectivity index (χ4v) is 4.37. The molecule has 0 spiro atoms. The van der Waals surface area contributed by atoms with E-state index in [0.717, 1.165) is 23.1 Å². The molecule has 1 aliphatic heterocycles. The van der Waals surface area contributed by atoms with E-state index in [1.165, 1.54) is 18.2 Å². The number of methoxy groups -OCH3 is 2. The van der Waals surface area contributed by atoms with Crippen molar-refractivity contribution in [2.24, 2.45) is 0 Å². The van der Waals surface area contributed by atoms with Crippen LogP contribution in [0.3, 0.4) is 0 Å². The predicted molar refractivity (Wildman–Crippen MR) is 123 cm³/mol. The SMILES string of the molecule is COc1cc2c(cc1OC)[C@H](c1ccccc1)N(CC(=O)Nc1ccc(F)cc1Cl)CC2. The topological polar surface area (TPSA) is 50.8 Å². The molecule has 4 rings (SSSR count). The Labute approximate surface area is 191 Å². The van der Waals surface area contributed by atoms with E-state index in [9.17, 15) is 9.18 Å². The molecule has 32 heavy (non-hydrogen) atoms. The van der Waals surface area contributed by atoms with Crippen molar-refractivity contribution < 1.29 is 18.7 Å². The third kappa shape index (κ3) is 4.56. The van der Waals surface area contributed by atoms with Crippen molar-refractivity contribution in [2.45, 2.75) is 12.5 Å². The van der Waals surface area contributed by atoms with E-state index in [4.69, 9.17) is 21.1 Å². The molecule has 0 aromatic heterocycles. The summed E-state index contributed by atoms with van der Waals surface area (Å²) >= 11 is 6.08. The van der Waals surface area contributed by atoms with Gasteiger partial charge in [0, 0.05) is 6.54 Å². The molecular weight excluding hydrogens is 431 g/mol. The van der Waals surface area contributed by atoms with Gasteiger partial charge in [0.05, 0.1) is 37.5 Å². The lowest BCUT2D eigenvalue weighted by atomic mass is 9.87. The number of benzene rings is 3. The summed E-state index contributed by atoms with van der Waals surface area (Å²) in [6.45, 7) is 0.841. The maximum absolute atomic E-state index is 13.3. The van der Waals surface area contributed by atoms with Crippen molar-refractivity contribution >= 4 is 23.2 Å². The molecular formula is C25H24ClFN2O3. The van der Waals surface area contributed by atoms with E-state index in [1.807, 2.05) is 30.3 Å². The monoisotopic (exact) mass is 454 g/mol. The largest absolute Gasteiger partial charge is 0.493 e. The summed E-state index contributed by atoms with van der Waals surface area (Å²) in [5.74, 6) is 0.671. The van der Waals surface area contributed by atoms with Gasteiger partial charge in [0.2, 0.25) is 5.91 Å². The molecule has 0 saturated carbocycles. The van der Waals surface area contributed by atoms with Gasteiger partial charge in [-0.05, 0) is 53.4 Å². The molecule has 0 aliphatic carbocycles. The third-order valence-electron chi connectivity index (χ3n) is 5.64. The number of ether oxygens (including phenoxy) is 2. The fraction of sp³-hybridized carbons (Fsp3) is 0.240. The molecule has 3 aromatic rings. The number of nitrogens with one attached hydrogen (secondary N) is 1. The van der Waals surface area contributed by atoms with Crippen LogP contribution in [0.2, 0.25) is 5.02 Å². The average Bonchev–Trinajstić information content (AvgIpc) is 2.80. The number of nitrogens with zero attached hydrogens (tertiary/aromatic N) is 1. The molecule has 1 heterocycles. The second-order valence-electron chi connectivity index (χ2n) is 7.61. The minimum Gasteiger partial charge on any atom is -0.493 e. The minimum absolute atomic E-state index is 0.130. The molecule has 1 amide bonds. The summed E-state index contributed by atoms with van der Waals surface area (Å²) in [5, 5.41) is 2.96. The third-order valence-corrected chi connectivity index (χ3v) is 5.95. The zero-order valence-corrected chi connectivity index (χ0v) is 18.7. The predicted octanol–water partition coefficient (Wildman–Crippen LogP) is 5.08. The highest BCUT2D eigenvalue weighted by Gasteiger charge is 2.31. The molecule has 0 radical (unpaired) electrons. The maximum atomic E-state index is 13.3. The highest BCUT2D eigenvalue weighted by Crippen LogP contribution is 2.40. The number of anilines is 1. The number of fused-ring (bicyclic) bond motifs is 1. The lowest BCUT2D eigenvalue weighted by Crippen LogP contribution is -2.41. The lowest BCUT2D eigenvalue weighted by Gasteiger charge is -2.37. The average molecular weight is 455 g/mol. The Morgan fingerprint density at radius 3 is 2.50 bits per heavy atom. The van der Waals surface area contributed by atoms with Gasteiger partial charge in [0.25, 0.3) is 0 Å². The van der Waals surface area contributed by atoms with Crippen LogP contribution in [0.15, 0.2) is 60.7 Å². The van der Waals surface area contributed by atoms with Crippen LogP contribution in [0.25, 0.3) is 0 Å². The van der Waals surface area contributed by atoms with Crippen molar-refractivity contribution in [2.75, 3.05) is 32.6 Å². The van der Waals surface area contributed by atoms with Crippen LogP contribution in [0.1, 0.15) is 22.7 Å². The quantitative estimate of drug-likeness (QED) is 0.564. The maximum Gasteiger partial charge on any atom is 0.238 e. The second kappa shape index (κ2) is 9.59. The van der Waals surface area contributed by atoms with E-state index in [-0.39, 0.29) is 23.5 Å². The summed E-state index contributed by atoms with van der Waals surface area (Å²) in [5.41, 5.74) is 3.70. The Hall–Kier alpha value is -3.09. The summed E-state index contributed by atoms with van der Waals surface area (Å²) in [4.78, 5) is 15.0. The van der Waals surface area contributed by atoms with Crippen LogP contribution in [0.4, 0.5) is 10.1 Å². The first-order chi connectivity index (χ1) is 15.5. The van der Waals surface area contributed by atoms with Crippen LogP contribution in [-0.2, 0) is 11.2 Å². The van der Waals surface area contributed by atoms with Gasteiger partial charge in [0.15, 0.2) is 11.5 Å². The Morgan fingerprint density at radius 1 is 1.09 bits per heavy atom. The van der Waals surface area contributed by atoms with Crippen LogP contribution in [-0.4, -0.2) is 38.1 Å². The van der Waals surface area contributed by atoms with Gasteiger partial charge in [-0.25, -0.2) is 4.39 Å². The van der Waals surface area contributed by atoms with Gasteiger partial charge >= 0.3 is 0 Å².